The van der Waals surface area contributed by atoms with Crippen molar-refractivity contribution in [1.82, 2.24) is 4.57 Å². The van der Waals surface area contributed by atoms with Gasteiger partial charge in [-0.15, -0.1) is 0 Å². The van der Waals surface area contributed by atoms with Gasteiger partial charge in [0.2, 0.25) is 0 Å². The molecule has 0 saturated carbocycles. The maximum absolute atomic E-state index is 11.4. The minimum Gasteiger partial charge on any atom is -0.478 e. The number of aryl methyl sites for hydroxylation is 2. The molecule has 0 bridgehead atoms. The first-order valence-electron chi connectivity index (χ1n) is 7.64. The van der Waals surface area contributed by atoms with Crippen LogP contribution in [0.5, 0.6) is 0 Å². The van der Waals surface area contributed by atoms with Gasteiger partial charge in [0.1, 0.15) is 0 Å². The lowest BCUT2D eigenvalue weighted by molar-refractivity contribution is 0.0697. The van der Waals surface area contributed by atoms with Gasteiger partial charge in [-0.05, 0) is 49.4 Å². The Labute approximate surface area is 129 Å². The quantitative estimate of drug-likeness (QED) is 0.732. The minimum absolute atomic E-state index is 0.0356. The van der Waals surface area contributed by atoms with Crippen molar-refractivity contribution in [1.29, 1.82) is 0 Å². The van der Waals surface area contributed by atoms with Crippen LogP contribution < -0.4 is 0 Å². The summed E-state index contributed by atoms with van der Waals surface area (Å²) in [5.41, 5.74) is 4.37. The average Bonchev–Trinajstić information content (AvgIpc) is 2.77. The Morgan fingerprint density at radius 2 is 1.95 bits per heavy atom. The number of aromatic carboxylic acids is 1. The predicted molar refractivity (Wildman–Crippen MR) is 85.5 cm³/mol. The first kappa shape index (κ1) is 16.5. The molecule has 5 heteroatoms. The second-order valence-electron chi connectivity index (χ2n) is 5.46. The molecule has 0 aliphatic heterocycles. The molecule has 1 aromatic carbocycles. The number of fused-ring (bicyclic) bond motifs is 1. The maximum Gasteiger partial charge on any atom is 0.335 e. The van der Waals surface area contributed by atoms with E-state index in [0.29, 0.717) is 19.4 Å². The van der Waals surface area contributed by atoms with Crippen molar-refractivity contribution < 1.29 is 20.1 Å². The largest absolute Gasteiger partial charge is 0.478 e. The first-order chi connectivity index (χ1) is 10.5. The SMILES string of the molecule is CCc1cc(C(=O)O)cc2c(CCCO)c(C)n(CCO)c12. The van der Waals surface area contributed by atoms with Gasteiger partial charge < -0.3 is 19.9 Å². The lowest BCUT2D eigenvalue weighted by Gasteiger charge is -2.10. The van der Waals surface area contributed by atoms with Gasteiger partial charge in [0.05, 0.1) is 17.7 Å². The molecule has 0 aliphatic rings. The number of aromatic nitrogens is 1. The number of benzene rings is 1. The number of aliphatic hydroxyl groups excluding tert-OH is 2. The van der Waals surface area contributed by atoms with Gasteiger partial charge in [-0.1, -0.05) is 6.92 Å². The number of hydrogen-bond acceptors (Lipinski definition) is 3. The molecule has 1 aromatic heterocycles. The van der Waals surface area contributed by atoms with Crippen LogP contribution in [0.3, 0.4) is 0 Å². The molecule has 2 aromatic rings. The highest BCUT2D eigenvalue weighted by Crippen LogP contribution is 2.31. The summed E-state index contributed by atoms with van der Waals surface area (Å²) in [6, 6.07) is 3.43. The van der Waals surface area contributed by atoms with Gasteiger partial charge in [0, 0.05) is 24.2 Å². The van der Waals surface area contributed by atoms with Crippen LogP contribution in [0.2, 0.25) is 0 Å². The summed E-state index contributed by atoms with van der Waals surface area (Å²) >= 11 is 0. The minimum atomic E-state index is -0.933. The van der Waals surface area contributed by atoms with Gasteiger partial charge in [-0.2, -0.15) is 0 Å². The lowest BCUT2D eigenvalue weighted by atomic mass is 10.00. The monoisotopic (exact) mass is 305 g/mol. The molecule has 0 atom stereocenters. The summed E-state index contributed by atoms with van der Waals surface area (Å²) in [6.07, 6.45) is 2.06. The van der Waals surface area contributed by atoms with Gasteiger partial charge >= 0.3 is 5.97 Å². The van der Waals surface area contributed by atoms with Crippen LogP contribution in [0, 0.1) is 6.92 Å². The van der Waals surface area contributed by atoms with Crippen LogP contribution >= 0.6 is 0 Å². The molecular formula is C17H23NO4. The van der Waals surface area contributed by atoms with E-state index in [1.807, 2.05) is 13.8 Å². The van der Waals surface area contributed by atoms with Crippen molar-refractivity contribution >= 4 is 16.9 Å². The summed E-state index contributed by atoms with van der Waals surface area (Å²) in [7, 11) is 0. The van der Waals surface area contributed by atoms with E-state index < -0.39 is 5.97 Å². The second kappa shape index (κ2) is 6.94. The zero-order chi connectivity index (χ0) is 16.3. The van der Waals surface area contributed by atoms with E-state index in [4.69, 9.17) is 5.11 Å². The molecule has 22 heavy (non-hydrogen) atoms. The molecular weight excluding hydrogens is 282 g/mol. The molecule has 0 spiro atoms. The van der Waals surface area contributed by atoms with Crippen LogP contribution in [-0.4, -0.2) is 39.1 Å². The Hall–Kier alpha value is -1.85. The number of carboxylic acids is 1. The van der Waals surface area contributed by atoms with Crippen molar-refractivity contribution in [2.75, 3.05) is 13.2 Å². The van der Waals surface area contributed by atoms with Crippen molar-refractivity contribution in [2.45, 2.75) is 39.7 Å². The molecule has 120 valence electrons. The lowest BCUT2D eigenvalue weighted by Crippen LogP contribution is -2.06. The van der Waals surface area contributed by atoms with E-state index in [0.717, 1.165) is 34.1 Å². The molecule has 0 amide bonds. The number of nitrogens with zero attached hydrogens (tertiary/aromatic N) is 1. The Morgan fingerprint density at radius 1 is 1.23 bits per heavy atom. The van der Waals surface area contributed by atoms with Crippen LogP contribution in [0.15, 0.2) is 12.1 Å². The summed E-state index contributed by atoms with van der Waals surface area (Å²) in [6.45, 7) is 4.61. The Balaban J connectivity index is 2.78. The van der Waals surface area contributed by atoms with E-state index in [1.54, 1.807) is 12.1 Å². The fourth-order valence-corrected chi connectivity index (χ4v) is 3.11. The summed E-state index contributed by atoms with van der Waals surface area (Å²) in [5.74, 6) is -0.933. The summed E-state index contributed by atoms with van der Waals surface area (Å²) in [4.78, 5) is 11.4. The number of rotatable bonds is 7. The average molecular weight is 305 g/mol. The molecule has 0 radical (unpaired) electrons. The van der Waals surface area contributed by atoms with Crippen LogP contribution in [-0.2, 0) is 19.4 Å². The third-order valence-corrected chi connectivity index (χ3v) is 4.16. The second-order valence-corrected chi connectivity index (χ2v) is 5.46. The molecule has 0 fully saturated rings. The highest BCUT2D eigenvalue weighted by atomic mass is 16.4. The van der Waals surface area contributed by atoms with Crippen LogP contribution in [0.1, 0.15) is 40.5 Å². The van der Waals surface area contributed by atoms with E-state index in [9.17, 15) is 15.0 Å². The van der Waals surface area contributed by atoms with E-state index >= 15 is 0 Å². The third kappa shape index (κ3) is 2.87. The van der Waals surface area contributed by atoms with Crippen molar-refractivity contribution in [2.24, 2.45) is 0 Å². The molecule has 1 heterocycles. The van der Waals surface area contributed by atoms with Crippen molar-refractivity contribution in [3.8, 4) is 0 Å². The van der Waals surface area contributed by atoms with Crippen molar-refractivity contribution in [3.05, 3.63) is 34.5 Å². The molecule has 0 aliphatic carbocycles. The van der Waals surface area contributed by atoms with E-state index in [1.165, 1.54) is 0 Å². The van der Waals surface area contributed by atoms with Gasteiger partial charge in [0.25, 0.3) is 0 Å². The standard InChI is InChI=1S/C17H23NO4/c1-3-12-9-13(17(21)22)10-15-14(5-4-7-19)11(2)18(6-8-20)16(12)15/h9-10,19-20H,3-8H2,1-2H3,(H,21,22). The van der Waals surface area contributed by atoms with Crippen LogP contribution in [0.25, 0.3) is 10.9 Å². The van der Waals surface area contributed by atoms with Crippen LogP contribution in [0.4, 0.5) is 0 Å². The molecule has 0 unspecified atom stereocenters. The fraction of sp³-hybridized carbons (Fsp3) is 0.471. The Bertz CT molecular complexity index is 688. The molecule has 0 saturated heterocycles. The smallest absolute Gasteiger partial charge is 0.335 e. The maximum atomic E-state index is 11.4. The van der Waals surface area contributed by atoms with E-state index in [-0.39, 0.29) is 18.8 Å². The predicted octanol–water partition coefficient (Wildman–Crippen LogP) is 2.13. The summed E-state index contributed by atoms with van der Waals surface area (Å²) < 4.78 is 2.06. The zero-order valence-electron chi connectivity index (χ0n) is 13.1. The molecule has 5 nitrogen and oxygen atoms in total. The number of carbonyl (C=O) groups is 1. The number of aliphatic hydroxyl groups is 2. The zero-order valence-corrected chi connectivity index (χ0v) is 13.1. The van der Waals surface area contributed by atoms with Gasteiger partial charge in [0.15, 0.2) is 0 Å². The Morgan fingerprint density at radius 3 is 2.50 bits per heavy atom. The van der Waals surface area contributed by atoms with Crippen molar-refractivity contribution in [3.63, 3.8) is 0 Å². The number of carboxylic acid groups (broad SMARTS) is 1. The molecule has 2 rings (SSSR count). The third-order valence-electron chi connectivity index (χ3n) is 4.16. The number of hydrogen-bond donors (Lipinski definition) is 3. The van der Waals surface area contributed by atoms with Gasteiger partial charge in [-0.3, -0.25) is 0 Å². The highest BCUT2D eigenvalue weighted by molar-refractivity contribution is 5.97. The summed E-state index contributed by atoms with van der Waals surface area (Å²) in [5, 5.41) is 28.7. The van der Waals surface area contributed by atoms with E-state index in [2.05, 4.69) is 4.57 Å². The normalized spacial score (nSPS) is 11.3. The first-order valence-corrected chi connectivity index (χ1v) is 7.64. The van der Waals surface area contributed by atoms with Gasteiger partial charge in [-0.25, -0.2) is 4.79 Å². The Kier molecular flexibility index (Phi) is 5.21. The highest BCUT2D eigenvalue weighted by Gasteiger charge is 2.18. The molecule has 3 N–H and O–H groups in total. The topological polar surface area (TPSA) is 82.7 Å². The fourth-order valence-electron chi connectivity index (χ4n) is 3.11.